The number of hydrogen-bond acceptors (Lipinski definition) is 3. The van der Waals surface area contributed by atoms with Gasteiger partial charge in [-0.05, 0) is 39.0 Å². The quantitative estimate of drug-likeness (QED) is 0.898. The van der Waals surface area contributed by atoms with Crippen molar-refractivity contribution < 1.29 is 0 Å². The van der Waals surface area contributed by atoms with Crippen molar-refractivity contribution in [2.45, 2.75) is 27.3 Å². The molecule has 96 valence electrons. The van der Waals surface area contributed by atoms with E-state index in [1.165, 1.54) is 10.9 Å². The van der Waals surface area contributed by atoms with E-state index in [-0.39, 0.29) is 0 Å². The first-order valence-electron chi connectivity index (χ1n) is 6.54. The minimum atomic E-state index is 0.530. The lowest BCUT2D eigenvalue weighted by atomic mass is 10.1. The fourth-order valence-corrected chi connectivity index (χ4v) is 2.28. The second-order valence-electron chi connectivity index (χ2n) is 4.54. The maximum absolute atomic E-state index is 5.86. The predicted octanol–water partition coefficient (Wildman–Crippen LogP) is 2.85. The average Bonchev–Trinajstić information content (AvgIpc) is 2.39. The normalized spacial score (nSPS) is 10.9. The van der Waals surface area contributed by atoms with Crippen LogP contribution < -0.4 is 10.6 Å². The minimum absolute atomic E-state index is 0.530. The van der Waals surface area contributed by atoms with Gasteiger partial charge in [0, 0.05) is 30.6 Å². The number of rotatable bonds is 4. The van der Waals surface area contributed by atoms with E-state index in [0.717, 1.165) is 30.0 Å². The molecule has 0 bridgehead atoms. The number of hydrogen-bond donors (Lipinski definition) is 1. The average molecular weight is 243 g/mol. The van der Waals surface area contributed by atoms with Crippen LogP contribution in [0.1, 0.15) is 25.0 Å². The lowest BCUT2D eigenvalue weighted by Crippen LogP contribution is -2.25. The molecule has 0 unspecified atom stereocenters. The van der Waals surface area contributed by atoms with Gasteiger partial charge < -0.3 is 10.6 Å². The molecule has 18 heavy (non-hydrogen) atoms. The summed E-state index contributed by atoms with van der Waals surface area (Å²) in [5, 5.41) is 1.17. The topological polar surface area (TPSA) is 42.2 Å². The molecule has 1 heterocycles. The standard InChI is InChI=1S/C15H21N3/c1-4-18(5-2)15-13(10-16)9-12-8-11(3)6-7-14(12)17-15/h6-9H,4-5,10,16H2,1-3H3. The van der Waals surface area contributed by atoms with Gasteiger partial charge in [-0.15, -0.1) is 0 Å². The van der Waals surface area contributed by atoms with E-state index in [4.69, 9.17) is 10.7 Å². The third-order valence-electron chi connectivity index (χ3n) is 3.31. The zero-order chi connectivity index (χ0) is 13.1. The zero-order valence-corrected chi connectivity index (χ0v) is 11.4. The molecule has 0 amide bonds. The van der Waals surface area contributed by atoms with Gasteiger partial charge in [0.2, 0.25) is 0 Å². The van der Waals surface area contributed by atoms with Gasteiger partial charge in [-0.1, -0.05) is 11.6 Å². The van der Waals surface area contributed by atoms with Crippen molar-refractivity contribution >= 4 is 16.7 Å². The predicted molar refractivity (Wildman–Crippen MR) is 77.9 cm³/mol. The molecule has 2 aromatic rings. The Bertz CT molecular complexity index is 545. The number of nitrogens with zero attached hydrogens (tertiary/aromatic N) is 2. The third kappa shape index (κ3) is 2.31. The van der Waals surface area contributed by atoms with Crippen LogP contribution in [0.5, 0.6) is 0 Å². The molecule has 1 aromatic carbocycles. The molecule has 0 spiro atoms. The zero-order valence-electron chi connectivity index (χ0n) is 11.4. The Hall–Kier alpha value is -1.61. The van der Waals surface area contributed by atoms with E-state index in [1.54, 1.807) is 0 Å². The van der Waals surface area contributed by atoms with Crippen LogP contribution >= 0.6 is 0 Å². The van der Waals surface area contributed by atoms with Crippen LogP contribution in [0.3, 0.4) is 0 Å². The molecule has 3 nitrogen and oxygen atoms in total. The van der Waals surface area contributed by atoms with E-state index in [0.29, 0.717) is 6.54 Å². The maximum Gasteiger partial charge on any atom is 0.133 e. The number of aromatic nitrogens is 1. The largest absolute Gasteiger partial charge is 0.357 e. The van der Waals surface area contributed by atoms with Crippen molar-refractivity contribution in [2.75, 3.05) is 18.0 Å². The Balaban J connectivity index is 2.62. The number of benzene rings is 1. The summed E-state index contributed by atoms with van der Waals surface area (Å²) in [6.07, 6.45) is 0. The number of nitrogens with two attached hydrogens (primary N) is 1. The fourth-order valence-electron chi connectivity index (χ4n) is 2.28. The molecule has 0 radical (unpaired) electrons. The minimum Gasteiger partial charge on any atom is -0.357 e. The summed E-state index contributed by atoms with van der Waals surface area (Å²) in [7, 11) is 0. The van der Waals surface area contributed by atoms with Gasteiger partial charge in [0.15, 0.2) is 0 Å². The van der Waals surface area contributed by atoms with Crippen LogP contribution in [0.4, 0.5) is 5.82 Å². The monoisotopic (exact) mass is 243 g/mol. The van der Waals surface area contributed by atoms with Crippen molar-refractivity contribution in [3.8, 4) is 0 Å². The molecule has 1 aromatic heterocycles. The molecular formula is C15H21N3. The molecule has 0 fully saturated rings. The summed E-state index contributed by atoms with van der Waals surface area (Å²) in [6.45, 7) is 8.82. The van der Waals surface area contributed by atoms with Gasteiger partial charge in [-0.3, -0.25) is 0 Å². The SMILES string of the molecule is CCN(CC)c1nc2ccc(C)cc2cc1CN. The molecule has 0 aliphatic rings. The van der Waals surface area contributed by atoms with E-state index in [9.17, 15) is 0 Å². The Kier molecular flexibility index (Phi) is 3.82. The van der Waals surface area contributed by atoms with Crippen LogP contribution in [0.2, 0.25) is 0 Å². The van der Waals surface area contributed by atoms with Gasteiger partial charge in [-0.25, -0.2) is 4.98 Å². The second kappa shape index (κ2) is 5.36. The van der Waals surface area contributed by atoms with Crippen molar-refractivity contribution in [3.63, 3.8) is 0 Å². The Morgan fingerprint density at radius 1 is 1.17 bits per heavy atom. The fraction of sp³-hybridized carbons (Fsp3) is 0.400. The highest BCUT2D eigenvalue weighted by atomic mass is 15.2. The maximum atomic E-state index is 5.86. The molecule has 0 saturated carbocycles. The molecular weight excluding hydrogens is 222 g/mol. The van der Waals surface area contributed by atoms with Crippen LogP contribution in [-0.2, 0) is 6.54 Å². The number of aryl methyl sites for hydroxylation is 1. The van der Waals surface area contributed by atoms with E-state index in [1.807, 2.05) is 0 Å². The summed E-state index contributed by atoms with van der Waals surface area (Å²) < 4.78 is 0. The highest BCUT2D eigenvalue weighted by Gasteiger charge is 2.10. The van der Waals surface area contributed by atoms with Crippen LogP contribution in [-0.4, -0.2) is 18.1 Å². The van der Waals surface area contributed by atoms with Gasteiger partial charge in [-0.2, -0.15) is 0 Å². The molecule has 2 rings (SSSR count). The van der Waals surface area contributed by atoms with Crippen LogP contribution in [0.15, 0.2) is 24.3 Å². The van der Waals surface area contributed by atoms with E-state index in [2.05, 4.69) is 49.9 Å². The molecule has 0 saturated heterocycles. The van der Waals surface area contributed by atoms with E-state index >= 15 is 0 Å². The first-order valence-corrected chi connectivity index (χ1v) is 6.54. The first-order chi connectivity index (χ1) is 8.69. The molecule has 0 aliphatic heterocycles. The van der Waals surface area contributed by atoms with E-state index < -0.39 is 0 Å². The highest BCUT2D eigenvalue weighted by Crippen LogP contribution is 2.24. The number of anilines is 1. The summed E-state index contributed by atoms with van der Waals surface area (Å²) in [4.78, 5) is 7.03. The summed E-state index contributed by atoms with van der Waals surface area (Å²) in [5.74, 6) is 1.03. The number of fused-ring (bicyclic) bond motifs is 1. The summed E-state index contributed by atoms with van der Waals surface area (Å²) in [6, 6.07) is 8.51. The second-order valence-corrected chi connectivity index (χ2v) is 4.54. The number of pyridine rings is 1. The summed E-state index contributed by atoms with van der Waals surface area (Å²) >= 11 is 0. The Labute approximate surface area is 109 Å². The van der Waals surface area contributed by atoms with Crippen LogP contribution in [0.25, 0.3) is 10.9 Å². The van der Waals surface area contributed by atoms with Gasteiger partial charge in [0.05, 0.1) is 5.52 Å². The lowest BCUT2D eigenvalue weighted by Gasteiger charge is -2.23. The van der Waals surface area contributed by atoms with Gasteiger partial charge in [0.1, 0.15) is 5.82 Å². The highest BCUT2D eigenvalue weighted by molar-refractivity contribution is 5.82. The summed E-state index contributed by atoms with van der Waals surface area (Å²) in [5.41, 5.74) is 9.28. The molecule has 3 heteroatoms. The Morgan fingerprint density at radius 3 is 2.50 bits per heavy atom. The molecule has 0 atom stereocenters. The Morgan fingerprint density at radius 2 is 1.89 bits per heavy atom. The first kappa shape index (κ1) is 12.8. The third-order valence-corrected chi connectivity index (χ3v) is 3.31. The van der Waals surface area contributed by atoms with Crippen molar-refractivity contribution in [3.05, 3.63) is 35.4 Å². The van der Waals surface area contributed by atoms with Crippen molar-refractivity contribution in [2.24, 2.45) is 5.73 Å². The van der Waals surface area contributed by atoms with Crippen molar-refractivity contribution in [1.82, 2.24) is 4.98 Å². The molecule has 2 N–H and O–H groups in total. The molecule has 0 aliphatic carbocycles. The smallest absolute Gasteiger partial charge is 0.133 e. The lowest BCUT2D eigenvalue weighted by molar-refractivity contribution is 0.835. The van der Waals surface area contributed by atoms with Gasteiger partial charge >= 0.3 is 0 Å². The van der Waals surface area contributed by atoms with Gasteiger partial charge in [0.25, 0.3) is 0 Å². The van der Waals surface area contributed by atoms with Crippen LogP contribution in [0, 0.1) is 6.92 Å². The van der Waals surface area contributed by atoms with Crippen molar-refractivity contribution in [1.29, 1.82) is 0 Å².